The van der Waals surface area contributed by atoms with Gasteiger partial charge in [-0.25, -0.2) is 0 Å². The van der Waals surface area contributed by atoms with Gasteiger partial charge >= 0.3 is 0 Å². The van der Waals surface area contributed by atoms with Crippen molar-refractivity contribution in [2.45, 2.75) is 50.7 Å². The first-order chi connectivity index (χ1) is 17.5. The summed E-state index contributed by atoms with van der Waals surface area (Å²) >= 11 is 6.69. The first-order valence-electron chi connectivity index (χ1n) is 12.9. The molecule has 2 aromatic heterocycles. The van der Waals surface area contributed by atoms with E-state index in [9.17, 15) is 9.59 Å². The van der Waals surface area contributed by atoms with Crippen LogP contribution in [0.4, 0.5) is 0 Å². The average molecular weight is 511 g/mol. The lowest BCUT2D eigenvalue weighted by Gasteiger charge is -2.35. The summed E-state index contributed by atoms with van der Waals surface area (Å²) in [4.78, 5) is 28.5. The number of carbonyl (C=O) groups is 1. The summed E-state index contributed by atoms with van der Waals surface area (Å²) in [5.41, 5.74) is 3.11. The number of amides is 1. The van der Waals surface area contributed by atoms with Gasteiger partial charge in [-0.3, -0.25) is 9.59 Å². The lowest BCUT2D eigenvalue weighted by Crippen LogP contribution is -2.47. The molecule has 0 bridgehead atoms. The third-order valence-corrected chi connectivity index (χ3v) is 7.96. The summed E-state index contributed by atoms with van der Waals surface area (Å²) < 4.78 is 9.06. The molecule has 3 heterocycles. The van der Waals surface area contributed by atoms with Crippen LogP contribution in [0.3, 0.4) is 0 Å². The fourth-order valence-corrected chi connectivity index (χ4v) is 5.85. The number of nitrogens with one attached hydrogen (secondary N) is 1. The number of piperidine rings is 1. The molecule has 1 saturated heterocycles. The van der Waals surface area contributed by atoms with E-state index in [-0.39, 0.29) is 29.3 Å². The van der Waals surface area contributed by atoms with Crippen molar-refractivity contribution in [2.75, 3.05) is 26.8 Å². The Balaban J connectivity index is 1.44. The molecule has 192 valence electrons. The third kappa shape index (κ3) is 5.10. The monoisotopic (exact) mass is 510 g/mol. The highest BCUT2D eigenvalue weighted by atomic mass is 35.5. The van der Waals surface area contributed by atoms with Crippen LogP contribution in [0.2, 0.25) is 5.02 Å². The number of halogens is 1. The van der Waals surface area contributed by atoms with Crippen molar-refractivity contribution in [1.82, 2.24) is 19.4 Å². The first kappa shape index (κ1) is 25.1. The van der Waals surface area contributed by atoms with Crippen molar-refractivity contribution in [3.63, 3.8) is 0 Å². The number of carbonyl (C=O) groups excluding carboxylic acids is 1. The van der Waals surface area contributed by atoms with Gasteiger partial charge in [0, 0.05) is 75.8 Å². The second-order valence-electron chi connectivity index (χ2n) is 10.1. The van der Waals surface area contributed by atoms with Crippen LogP contribution >= 0.6 is 11.6 Å². The van der Waals surface area contributed by atoms with E-state index in [1.165, 1.54) is 0 Å². The quantitative estimate of drug-likeness (QED) is 0.443. The Kier molecular flexibility index (Phi) is 7.51. The zero-order valence-electron chi connectivity index (χ0n) is 21.1. The normalized spacial score (nSPS) is 20.1. The molecule has 1 aromatic carbocycles. The molecule has 1 amide bonds. The fourth-order valence-electron chi connectivity index (χ4n) is 5.56. The van der Waals surface area contributed by atoms with Gasteiger partial charge in [0.15, 0.2) is 0 Å². The van der Waals surface area contributed by atoms with Gasteiger partial charge in [0.2, 0.25) is 5.91 Å². The number of aromatic nitrogens is 2. The van der Waals surface area contributed by atoms with Gasteiger partial charge in [0.25, 0.3) is 5.56 Å². The molecule has 2 atom stereocenters. The Bertz CT molecular complexity index is 1300. The van der Waals surface area contributed by atoms with E-state index in [1.54, 1.807) is 31.0 Å². The molecule has 1 aliphatic carbocycles. The zero-order valence-corrected chi connectivity index (χ0v) is 21.8. The van der Waals surface area contributed by atoms with Crippen molar-refractivity contribution in [1.29, 1.82) is 0 Å². The number of fused-ring (bicyclic) bond motifs is 1. The number of nitrogens with zero attached hydrogens (tertiary/aromatic N) is 3. The van der Waals surface area contributed by atoms with Crippen LogP contribution in [0.1, 0.15) is 42.7 Å². The van der Waals surface area contributed by atoms with E-state index in [1.807, 2.05) is 18.2 Å². The minimum Gasteiger partial charge on any atom is -0.385 e. The maximum atomic E-state index is 14.1. The highest BCUT2D eigenvalue weighted by Crippen LogP contribution is 2.37. The average Bonchev–Trinajstić information content (AvgIpc) is 3.66. The number of hydrogen-bond acceptors (Lipinski definition) is 4. The molecule has 1 saturated carbocycles. The topological polar surface area (TPSA) is 68.5 Å². The minimum absolute atomic E-state index is 0.0350. The number of benzene rings is 1. The fraction of sp³-hybridized carbons (Fsp3) is 0.500. The maximum Gasteiger partial charge on any atom is 0.250 e. The molecular weight excluding hydrogens is 476 g/mol. The van der Waals surface area contributed by atoms with Crippen molar-refractivity contribution < 1.29 is 9.53 Å². The van der Waals surface area contributed by atoms with Crippen LogP contribution in [0.25, 0.3) is 10.9 Å². The van der Waals surface area contributed by atoms with Crippen molar-refractivity contribution >= 4 is 28.4 Å². The molecule has 7 nitrogen and oxygen atoms in total. The van der Waals surface area contributed by atoms with Crippen LogP contribution in [-0.4, -0.2) is 52.8 Å². The summed E-state index contributed by atoms with van der Waals surface area (Å²) in [6.07, 6.45) is 7.77. The van der Waals surface area contributed by atoms with E-state index in [0.29, 0.717) is 24.7 Å². The molecule has 5 rings (SSSR count). The molecule has 1 unspecified atom stereocenters. The first-order valence-corrected chi connectivity index (χ1v) is 13.3. The Labute approximate surface area is 217 Å². The van der Waals surface area contributed by atoms with Crippen molar-refractivity contribution in [3.8, 4) is 0 Å². The predicted octanol–water partition coefficient (Wildman–Crippen LogP) is 3.91. The van der Waals surface area contributed by atoms with Gasteiger partial charge in [-0.05, 0) is 67.5 Å². The van der Waals surface area contributed by atoms with Crippen LogP contribution in [0.15, 0.2) is 47.5 Å². The number of ether oxygens (including phenoxy) is 1. The van der Waals surface area contributed by atoms with E-state index in [4.69, 9.17) is 16.3 Å². The third-order valence-electron chi connectivity index (χ3n) is 7.65. The largest absolute Gasteiger partial charge is 0.385 e. The van der Waals surface area contributed by atoms with E-state index >= 15 is 0 Å². The smallest absolute Gasteiger partial charge is 0.250 e. The van der Waals surface area contributed by atoms with Crippen molar-refractivity contribution in [2.24, 2.45) is 13.0 Å². The lowest BCUT2D eigenvalue weighted by molar-refractivity contribution is -0.138. The Morgan fingerprint density at radius 1 is 1.25 bits per heavy atom. The number of aryl methyl sites for hydroxylation is 2. The standard InChI is InChI=1S/C28H35ClN4O3/c1-31-13-10-19(15-26(31)34)22-9-11-30-16-23(22)28(35)33(21-7-8-21)18-20-17-32(12-4-14-36-2)25-6-3-5-24(29)27(20)25/h3,5-6,10,13,15,17,21-23,30H,4,7-9,11-12,14,16,18H2,1-2H3/t22-,23?/m1/s1. The van der Waals surface area contributed by atoms with Crippen molar-refractivity contribution in [3.05, 3.63) is 69.2 Å². The van der Waals surface area contributed by atoms with Crippen LogP contribution in [0.5, 0.6) is 0 Å². The Morgan fingerprint density at radius 2 is 2.08 bits per heavy atom. The van der Waals surface area contributed by atoms with Gasteiger partial charge in [-0.2, -0.15) is 0 Å². The summed E-state index contributed by atoms with van der Waals surface area (Å²) in [7, 11) is 3.47. The molecular formula is C28H35ClN4O3. The molecule has 36 heavy (non-hydrogen) atoms. The molecule has 0 radical (unpaired) electrons. The number of pyridine rings is 1. The highest BCUT2D eigenvalue weighted by Gasteiger charge is 2.40. The van der Waals surface area contributed by atoms with E-state index < -0.39 is 0 Å². The molecule has 0 spiro atoms. The summed E-state index contributed by atoms with van der Waals surface area (Å²) in [6, 6.07) is 9.95. The van der Waals surface area contributed by atoms with Gasteiger partial charge in [-0.15, -0.1) is 0 Å². The lowest BCUT2D eigenvalue weighted by atomic mass is 9.80. The predicted molar refractivity (Wildman–Crippen MR) is 142 cm³/mol. The summed E-state index contributed by atoms with van der Waals surface area (Å²) in [6.45, 7) is 3.54. The number of rotatable bonds is 9. The second kappa shape index (κ2) is 10.8. The Morgan fingerprint density at radius 3 is 2.83 bits per heavy atom. The second-order valence-corrected chi connectivity index (χ2v) is 10.5. The molecule has 3 aromatic rings. The molecule has 2 fully saturated rings. The minimum atomic E-state index is -0.197. The summed E-state index contributed by atoms with van der Waals surface area (Å²) in [5.74, 6) is 0.00701. The molecule has 1 aliphatic heterocycles. The Hall–Kier alpha value is -2.61. The number of hydrogen-bond donors (Lipinski definition) is 1. The molecule has 8 heteroatoms. The molecule has 2 aliphatic rings. The molecule has 1 N–H and O–H groups in total. The van der Waals surface area contributed by atoms with E-state index in [0.717, 1.165) is 60.8 Å². The van der Waals surface area contributed by atoms with Crippen LogP contribution in [0, 0.1) is 5.92 Å². The van der Waals surface area contributed by atoms with Gasteiger partial charge in [0.05, 0.1) is 10.9 Å². The van der Waals surface area contributed by atoms with Gasteiger partial charge in [0.1, 0.15) is 0 Å². The number of methoxy groups -OCH3 is 1. The zero-order chi connectivity index (χ0) is 25.2. The SMILES string of the molecule is COCCCn1cc(CN(C(=O)C2CNCC[C@@H]2c2ccn(C)c(=O)c2)C2CC2)c2c(Cl)cccc21. The summed E-state index contributed by atoms with van der Waals surface area (Å²) in [5, 5.41) is 5.17. The van der Waals surface area contributed by atoms with Crippen LogP contribution < -0.4 is 10.9 Å². The maximum absolute atomic E-state index is 14.1. The van der Waals surface area contributed by atoms with E-state index in [2.05, 4.69) is 27.0 Å². The highest BCUT2D eigenvalue weighted by molar-refractivity contribution is 6.35. The van der Waals surface area contributed by atoms with Gasteiger partial charge < -0.3 is 24.1 Å². The van der Waals surface area contributed by atoms with Crippen LogP contribution in [-0.2, 0) is 29.7 Å². The van der Waals surface area contributed by atoms with Gasteiger partial charge in [-0.1, -0.05) is 17.7 Å².